The van der Waals surface area contributed by atoms with Gasteiger partial charge in [0.25, 0.3) is 0 Å². The van der Waals surface area contributed by atoms with Gasteiger partial charge in [-0.1, -0.05) is 0 Å². The Labute approximate surface area is 107 Å². The van der Waals surface area contributed by atoms with Crippen LogP contribution in [-0.2, 0) is 4.79 Å². The molecule has 0 aliphatic carbocycles. The van der Waals surface area contributed by atoms with E-state index in [0.29, 0.717) is 24.7 Å². The molecule has 7 nitrogen and oxygen atoms in total. The second kappa shape index (κ2) is 6.75. The number of nitrogens with zero attached hydrogens (tertiary/aromatic N) is 3. The van der Waals surface area contributed by atoms with Crippen LogP contribution < -0.4 is 16.6 Å². The van der Waals surface area contributed by atoms with Crippen molar-refractivity contribution in [2.24, 2.45) is 5.84 Å². The summed E-state index contributed by atoms with van der Waals surface area (Å²) in [5, 5.41) is 3.00. The second-order valence-corrected chi connectivity index (χ2v) is 3.76. The molecule has 1 aromatic heterocycles. The summed E-state index contributed by atoms with van der Waals surface area (Å²) < 4.78 is 0. The van der Waals surface area contributed by atoms with Gasteiger partial charge >= 0.3 is 0 Å². The molecular formula is C11H20N6O. The van der Waals surface area contributed by atoms with Gasteiger partial charge in [0.2, 0.25) is 5.91 Å². The first-order chi connectivity index (χ1) is 8.63. The summed E-state index contributed by atoms with van der Waals surface area (Å²) in [4.78, 5) is 21.6. The maximum absolute atomic E-state index is 11.8. The van der Waals surface area contributed by atoms with Crippen molar-refractivity contribution in [3.63, 3.8) is 0 Å². The van der Waals surface area contributed by atoms with Crippen LogP contribution in [0.5, 0.6) is 0 Å². The zero-order chi connectivity index (χ0) is 13.5. The summed E-state index contributed by atoms with van der Waals surface area (Å²) in [6.45, 7) is 7.36. The van der Waals surface area contributed by atoms with Gasteiger partial charge in [0.1, 0.15) is 18.0 Å². The molecule has 100 valence electrons. The highest BCUT2D eigenvalue weighted by Crippen LogP contribution is 2.16. The highest BCUT2D eigenvalue weighted by Gasteiger charge is 2.11. The summed E-state index contributed by atoms with van der Waals surface area (Å²) in [6, 6.07) is 0. The van der Waals surface area contributed by atoms with E-state index in [1.807, 2.05) is 20.8 Å². The van der Waals surface area contributed by atoms with Crippen LogP contribution in [0.4, 0.5) is 11.6 Å². The van der Waals surface area contributed by atoms with Gasteiger partial charge in [-0.3, -0.25) is 4.79 Å². The average molecular weight is 252 g/mol. The van der Waals surface area contributed by atoms with Gasteiger partial charge in [-0.25, -0.2) is 15.8 Å². The minimum absolute atomic E-state index is 0.0419. The number of likely N-dealkylation sites (N-methyl/N-ethyl adjacent to an activating group) is 1. The minimum Gasteiger partial charge on any atom is -0.361 e. The van der Waals surface area contributed by atoms with Crippen molar-refractivity contribution in [2.75, 3.05) is 30.4 Å². The molecule has 0 unspecified atom stereocenters. The highest BCUT2D eigenvalue weighted by atomic mass is 16.2. The molecule has 0 aliphatic heterocycles. The molecule has 0 bridgehead atoms. The number of carbonyl (C=O) groups is 1. The van der Waals surface area contributed by atoms with E-state index in [-0.39, 0.29) is 12.5 Å². The Hall–Kier alpha value is -1.89. The Balaban J connectivity index is 2.66. The van der Waals surface area contributed by atoms with Gasteiger partial charge in [0.05, 0.1) is 6.54 Å². The number of hydrazine groups is 1. The van der Waals surface area contributed by atoms with Gasteiger partial charge in [0, 0.05) is 18.7 Å². The Morgan fingerprint density at radius 2 is 1.94 bits per heavy atom. The first kappa shape index (κ1) is 14.2. The van der Waals surface area contributed by atoms with E-state index in [2.05, 4.69) is 20.7 Å². The number of rotatable bonds is 6. The first-order valence-electron chi connectivity index (χ1n) is 5.93. The molecule has 4 N–H and O–H groups in total. The number of aromatic nitrogens is 2. The fourth-order valence-electron chi connectivity index (χ4n) is 1.62. The molecular weight excluding hydrogens is 232 g/mol. The van der Waals surface area contributed by atoms with E-state index >= 15 is 0 Å². The van der Waals surface area contributed by atoms with Gasteiger partial charge in [-0.2, -0.15) is 0 Å². The van der Waals surface area contributed by atoms with Crippen molar-refractivity contribution in [2.45, 2.75) is 20.8 Å². The quantitative estimate of drug-likeness (QED) is 0.499. The lowest BCUT2D eigenvalue weighted by molar-refractivity contribution is -0.128. The third-order valence-electron chi connectivity index (χ3n) is 2.74. The van der Waals surface area contributed by atoms with Crippen molar-refractivity contribution < 1.29 is 4.79 Å². The smallest absolute Gasteiger partial charge is 0.241 e. The average Bonchev–Trinajstić information content (AvgIpc) is 2.39. The summed E-state index contributed by atoms with van der Waals surface area (Å²) in [7, 11) is 0. The SMILES string of the molecule is CCN(CC)C(=O)CNc1ncnc(NN)c1C. The summed E-state index contributed by atoms with van der Waals surface area (Å²) in [5.74, 6) is 6.52. The third kappa shape index (κ3) is 3.30. The molecule has 0 aromatic carbocycles. The second-order valence-electron chi connectivity index (χ2n) is 3.76. The monoisotopic (exact) mass is 252 g/mol. The fourth-order valence-corrected chi connectivity index (χ4v) is 1.62. The van der Waals surface area contributed by atoms with E-state index in [0.717, 1.165) is 5.56 Å². The highest BCUT2D eigenvalue weighted by molar-refractivity contribution is 5.81. The molecule has 0 spiro atoms. The summed E-state index contributed by atoms with van der Waals surface area (Å²) in [6.07, 6.45) is 1.40. The number of anilines is 2. The number of carbonyl (C=O) groups excluding carboxylic acids is 1. The predicted molar refractivity (Wildman–Crippen MR) is 71.0 cm³/mol. The molecule has 1 heterocycles. The van der Waals surface area contributed by atoms with E-state index in [1.54, 1.807) is 4.90 Å². The van der Waals surface area contributed by atoms with Crippen molar-refractivity contribution in [3.8, 4) is 0 Å². The van der Waals surface area contributed by atoms with Crippen molar-refractivity contribution >= 4 is 17.5 Å². The largest absolute Gasteiger partial charge is 0.361 e. The molecule has 0 aliphatic rings. The number of nitrogens with two attached hydrogens (primary N) is 1. The Morgan fingerprint density at radius 1 is 1.33 bits per heavy atom. The molecule has 0 saturated carbocycles. The Bertz CT molecular complexity index is 405. The van der Waals surface area contributed by atoms with Gasteiger partial charge in [-0.05, 0) is 20.8 Å². The van der Waals surface area contributed by atoms with Gasteiger partial charge < -0.3 is 15.6 Å². The van der Waals surface area contributed by atoms with E-state index in [9.17, 15) is 4.79 Å². The predicted octanol–water partition coefficient (Wildman–Crippen LogP) is 0.351. The van der Waals surface area contributed by atoms with Crippen LogP contribution in [-0.4, -0.2) is 40.4 Å². The number of nitrogen functional groups attached to an aromatic ring is 1. The van der Waals surface area contributed by atoms with Crippen LogP contribution in [0, 0.1) is 6.92 Å². The maximum atomic E-state index is 11.8. The Morgan fingerprint density at radius 3 is 2.50 bits per heavy atom. The van der Waals surface area contributed by atoms with Crippen LogP contribution in [0.3, 0.4) is 0 Å². The standard InChI is InChI=1S/C11H20N6O/c1-4-17(5-2)9(18)6-13-10-8(3)11(16-12)15-7-14-10/h7H,4-6,12H2,1-3H3,(H2,13,14,15,16). The fraction of sp³-hybridized carbons (Fsp3) is 0.545. The topological polar surface area (TPSA) is 96.2 Å². The van der Waals surface area contributed by atoms with Crippen LogP contribution in [0.1, 0.15) is 19.4 Å². The third-order valence-corrected chi connectivity index (χ3v) is 2.74. The maximum Gasteiger partial charge on any atom is 0.241 e. The number of hydrogen-bond acceptors (Lipinski definition) is 6. The molecule has 1 aromatic rings. The molecule has 1 amide bonds. The van der Waals surface area contributed by atoms with E-state index in [4.69, 9.17) is 5.84 Å². The van der Waals surface area contributed by atoms with Gasteiger partial charge in [-0.15, -0.1) is 0 Å². The lowest BCUT2D eigenvalue weighted by Gasteiger charge is -2.19. The summed E-state index contributed by atoms with van der Waals surface area (Å²) >= 11 is 0. The molecule has 0 atom stereocenters. The van der Waals surface area contributed by atoms with Crippen LogP contribution in [0.15, 0.2) is 6.33 Å². The normalized spacial score (nSPS) is 10.0. The molecule has 0 radical (unpaired) electrons. The van der Waals surface area contributed by atoms with Crippen LogP contribution in [0.2, 0.25) is 0 Å². The Kier molecular flexibility index (Phi) is 5.31. The summed E-state index contributed by atoms with van der Waals surface area (Å²) in [5.41, 5.74) is 3.27. The van der Waals surface area contributed by atoms with Crippen LogP contribution >= 0.6 is 0 Å². The first-order valence-corrected chi connectivity index (χ1v) is 5.93. The van der Waals surface area contributed by atoms with Gasteiger partial charge in [0.15, 0.2) is 0 Å². The lowest BCUT2D eigenvalue weighted by atomic mass is 10.3. The van der Waals surface area contributed by atoms with Crippen molar-refractivity contribution in [1.82, 2.24) is 14.9 Å². The number of amides is 1. The van der Waals surface area contributed by atoms with Crippen LogP contribution in [0.25, 0.3) is 0 Å². The number of hydrogen-bond donors (Lipinski definition) is 3. The number of nitrogens with one attached hydrogen (secondary N) is 2. The molecule has 18 heavy (non-hydrogen) atoms. The molecule has 7 heteroatoms. The van der Waals surface area contributed by atoms with E-state index in [1.165, 1.54) is 6.33 Å². The molecule has 0 saturated heterocycles. The van der Waals surface area contributed by atoms with Crippen molar-refractivity contribution in [3.05, 3.63) is 11.9 Å². The lowest BCUT2D eigenvalue weighted by Crippen LogP contribution is -2.35. The minimum atomic E-state index is 0.0419. The zero-order valence-electron chi connectivity index (χ0n) is 11.0. The molecule has 0 fully saturated rings. The van der Waals surface area contributed by atoms with Crippen molar-refractivity contribution in [1.29, 1.82) is 0 Å². The molecule has 1 rings (SSSR count). The van der Waals surface area contributed by atoms with E-state index < -0.39 is 0 Å². The zero-order valence-corrected chi connectivity index (χ0v) is 11.0.